The lowest BCUT2D eigenvalue weighted by Crippen LogP contribution is -2.24. The minimum absolute atomic E-state index is 0.121. The minimum Gasteiger partial charge on any atom is -0.396 e. The lowest BCUT2D eigenvalue weighted by molar-refractivity contribution is 0.157. The fourth-order valence-corrected chi connectivity index (χ4v) is 1.45. The van der Waals surface area contributed by atoms with E-state index < -0.39 is 0 Å². The van der Waals surface area contributed by atoms with Gasteiger partial charge in [-0.15, -0.1) is 0 Å². The molecule has 0 atom stereocenters. The fourth-order valence-electron chi connectivity index (χ4n) is 1.45. The summed E-state index contributed by atoms with van der Waals surface area (Å²) in [6.45, 7) is 0.244. The molecule has 1 aromatic rings. The molecule has 1 aromatic heterocycles. The van der Waals surface area contributed by atoms with Gasteiger partial charge in [0, 0.05) is 63.7 Å². The Bertz CT molecular complexity index is 337. The molecular weight excluding hydrogens is 264 g/mol. The van der Waals surface area contributed by atoms with Crippen LogP contribution in [0, 0.1) is 11.8 Å². The van der Waals surface area contributed by atoms with E-state index in [0.29, 0.717) is 24.7 Å². The second-order valence-electron chi connectivity index (χ2n) is 4.48. The molecule has 0 fully saturated rings. The van der Waals surface area contributed by atoms with Crippen molar-refractivity contribution in [2.24, 2.45) is 11.8 Å². The second-order valence-corrected chi connectivity index (χ2v) is 4.48. The summed E-state index contributed by atoms with van der Waals surface area (Å²) >= 11 is 0. The highest BCUT2D eigenvalue weighted by Crippen LogP contribution is 2.15. The van der Waals surface area contributed by atoms with Crippen LogP contribution in [0.25, 0.3) is 0 Å². The topological polar surface area (TPSA) is 131 Å². The van der Waals surface area contributed by atoms with Crippen LogP contribution in [0.3, 0.4) is 0 Å². The maximum absolute atomic E-state index is 9.01. The molecule has 114 valence electrons. The van der Waals surface area contributed by atoms with Gasteiger partial charge in [-0.3, -0.25) is 0 Å². The molecule has 6 N–H and O–H groups in total. The maximum atomic E-state index is 9.01. The highest BCUT2D eigenvalue weighted by molar-refractivity contribution is 5.58. The quantitative estimate of drug-likeness (QED) is 0.306. The Balaban J connectivity index is 2.58. The van der Waals surface area contributed by atoms with Gasteiger partial charge in [0.25, 0.3) is 0 Å². The smallest absolute Gasteiger partial charge is 0.169 e. The third-order valence-electron chi connectivity index (χ3n) is 2.85. The summed E-state index contributed by atoms with van der Waals surface area (Å²) in [4.78, 5) is 8.25. The van der Waals surface area contributed by atoms with E-state index in [4.69, 9.17) is 20.4 Å². The predicted molar refractivity (Wildman–Crippen MR) is 74.3 cm³/mol. The van der Waals surface area contributed by atoms with Gasteiger partial charge < -0.3 is 31.1 Å². The van der Waals surface area contributed by atoms with Gasteiger partial charge in [0.2, 0.25) is 0 Å². The summed E-state index contributed by atoms with van der Waals surface area (Å²) < 4.78 is 0. The molecule has 8 nitrogen and oxygen atoms in total. The van der Waals surface area contributed by atoms with E-state index in [1.165, 1.54) is 12.4 Å². The summed E-state index contributed by atoms with van der Waals surface area (Å²) in [6.07, 6.45) is 3.05. The SMILES string of the molecule is OCC(CO)CNc1nccnc1NCC(CO)CO. The monoisotopic (exact) mass is 286 g/mol. The first-order chi connectivity index (χ1) is 9.74. The standard InChI is InChI=1S/C12H22N4O4/c17-5-9(6-18)3-15-11-12(14-2-1-13-11)16-4-10(7-19)8-20/h1-2,9-10,17-20H,3-8H2,(H,13,15)(H,14,16). The van der Waals surface area contributed by atoms with Gasteiger partial charge in [0.15, 0.2) is 11.6 Å². The van der Waals surface area contributed by atoms with E-state index in [1.807, 2.05) is 0 Å². The minimum atomic E-state index is -0.271. The normalized spacial score (nSPS) is 11.1. The number of aliphatic hydroxyl groups is 4. The second kappa shape index (κ2) is 9.43. The molecule has 0 amide bonds. The van der Waals surface area contributed by atoms with Crippen LogP contribution in [0.1, 0.15) is 0 Å². The van der Waals surface area contributed by atoms with E-state index in [0.717, 1.165) is 0 Å². The zero-order chi connectivity index (χ0) is 14.8. The molecule has 0 aliphatic heterocycles. The Morgan fingerprint density at radius 1 is 0.750 bits per heavy atom. The molecule has 0 saturated carbocycles. The van der Waals surface area contributed by atoms with Gasteiger partial charge in [-0.05, 0) is 0 Å². The molecule has 0 radical (unpaired) electrons. The van der Waals surface area contributed by atoms with Gasteiger partial charge in [-0.2, -0.15) is 0 Å². The summed E-state index contributed by atoms with van der Waals surface area (Å²) in [5.74, 6) is 0.447. The summed E-state index contributed by atoms with van der Waals surface area (Å²) in [5, 5.41) is 42.0. The van der Waals surface area contributed by atoms with Gasteiger partial charge in [0.05, 0.1) is 0 Å². The molecule has 20 heavy (non-hydrogen) atoms. The molecule has 1 rings (SSSR count). The van der Waals surface area contributed by atoms with E-state index in [2.05, 4.69) is 20.6 Å². The number of anilines is 2. The number of hydrogen-bond donors (Lipinski definition) is 6. The van der Waals surface area contributed by atoms with Gasteiger partial charge in [0.1, 0.15) is 0 Å². The van der Waals surface area contributed by atoms with Crippen molar-refractivity contribution in [1.29, 1.82) is 0 Å². The number of rotatable bonds is 10. The molecule has 0 aromatic carbocycles. The van der Waals surface area contributed by atoms with Crippen molar-refractivity contribution in [2.75, 3.05) is 50.2 Å². The zero-order valence-corrected chi connectivity index (χ0v) is 11.2. The van der Waals surface area contributed by atoms with E-state index in [9.17, 15) is 0 Å². The number of nitrogens with zero attached hydrogens (tertiary/aromatic N) is 2. The Hall–Kier alpha value is -1.48. The van der Waals surface area contributed by atoms with Crippen LogP contribution in [0.15, 0.2) is 12.4 Å². The van der Waals surface area contributed by atoms with Crippen LogP contribution >= 0.6 is 0 Å². The van der Waals surface area contributed by atoms with E-state index in [1.54, 1.807) is 0 Å². The first-order valence-electron chi connectivity index (χ1n) is 6.47. The van der Waals surface area contributed by atoms with Gasteiger partial charge >= 0.3 is 0 Å². The van der Waals surface area contributed by atoms with Crippen LogP contribution in [0.5, 0.6) is 0 Å². The van der Waals surface area contributed by atoms with Crippen LogP contribution in [0.2, 0.25) is 0 Å². The highest BCUT2D eigenvalue weighted by atomic mass is 16.3. The van der Waals surface area contributed by atoms with E-state index in [-0.39, 0.29) is 38.3 Å². The van der Waals surface area contributed by atoms with Crippen molar-refractivity contribution in [3.05, 3.63) is 12.4 Å². The van der Waals surface area contributed by atoms with E-state index >= 15 is 0 Å². The molecule has 0 saturated heterocycles. The third kappa shape index (κ3) is 5.25. The highest BCUT2D eigenvalue weighted by Gasteiger charge is 2.11. The van der Waals surface area contributed by atoms with Crippen molar-refractivity contribution in [2.45, 2.75) is 0 Å². The lowest BCUT2D eigenvalue weighted by atomic mass is 10.2. The molecule has 0 unspecified atom stereocenters. The molecule has 0 spiro atoms. The Kier molecular flexibility index (Phi) is 7.81. The van der Waals surface area contributed by atoms with Crippen molar-refractivity contribution < 1.29 is 20.4 Å². The first-order valence-corrected chi connectivity index (χ1v) is 6.47. The molecule has 0 aliphatic carbocycles. The summed E-state index contributed by atoms with van der Waals surface area (Å²) in [6, 6.07) is 0. The molecule has 0 bridgehead atoms. The lowest BCUT2D eigenvalue weighted by Gasteiger charge is -2.17. The maximum Gasteiger partial charge on any atom is 0.169 e. The number of nitrogens with one attached hydrogen (secondary N) is 2. The fraction of sp³-hybridized carbons (Fsp3) is 0.667. The van der Waals surface area contributed by atoms with Crippen molar-refractivity contribution in [3.8, 4) is 0 Å². The number of aliphatic hydroxyl groups excluding tert-OH is 4. The van der Waals surface area contributed by atoms with Gasteiger partial charge in [-0.1, -0.05) is 0 Å². The van der Waals surface area contributed by atoms with Crippen LogP contribution in [-0.4, -0.2) is 69.9 Å². The van der Waals surface area contributed by atoms with Crippen LogP contribution in [-0.2, 0) is 0 Å². The summed E-state index contributed by atoms with van der Waals surface area (Å²) in [5.41, 5.74) is 0. The average molecular weight is 286 g/mol. The third-order valence-corrected chi connectivity index (χ3v) is 2.85. The first kappa shape index (κ1) is 16.6. The van der Waals surface area contributed by atoms with Crippen molar-refractivity contribution in [3.63, 3.8) is 0 Å². The predicted octanol–water partition coefficient (Wildman–Crippen LogP) is -1.50. The van der Waals surface area contributed by atoms with Crippen molar-refractivity contribution in [1.82, 2.24) is 9.97 Å². The number of aromatic nitrogens is 2. The molecule has 0 aliphatic rings. The zero-order valence-electron chi connectivity index (χ0n) is 11.2. The average Bonchev–Trinajstić information content (AvgIpc) is 2.50. The Morgan fingerprint density at radius 3 is 1.40 bits per heavy atom. The molecule has 8 heteroatoms. The van der Waals surface area contributed by atoms with Crippen molar-refractivity contribution >= 4 is 11.6 Å². The molecular formula is C12H22N4O4. The largest absolute Gasteiger partial charge is 0.396 e. The van der Waals surface area contributed by atoms with Gasteiger partial charge in [-0.25, -0.2) is 9.97 Å². The Morgan fingerprint density at radius 2 is 1.10 bits per heavy atom. The van der Waals surface area contributed by atoms with Crippen LogP contribution in [0.4, 0.5) is 11.6 Å². The van der Waals surface area contributed by atoms with Crippen LogP contribution < -0.4 is 10.6 Å². The summed E-state index contributed by atoms with van der Waals surface area (Å²) in [7, 11) is 0. The number of hydrogen-bond acceptors (Lipinski definition) is 8. The Labute approximate surface area is 117 Å². The molecule has 1 heterocycles.